The van der Waals surface area contributed by atoms with E-state index >= 15 is 0 Å². The molecule has 0 radical (unpaired) electrons. The fraction of sp³-hybridized carbons (Fsp3) is 0.250. The van der Waals surface area contributed by atoms with Crippen molar-refractivity contribution in [3.8, 4) is 11.3 Å². The van der Waals surface area contributed by atoms with Crippen molar-refractivity contribution in [1.82, 2.24) is 19.5 Å². The largest absolute Gasteiger partial charge is 0.481 e. The molecular formula is C16H13ClF2N4O2. The molecule has 3 aromatic rings. The van der Waals surface area contributed by atoms with Crippen molar-refractivity contribution in [3.63, 3.8) is 0 Å². The number of aryl methyl sites for hydroxylation is 1. The molecule has 0 spiro atoms. The van der Waals surface area contributed by atoms with Gasteiger partial charge >= 0.3 is 5.97 Å². The molecule has 1 atom stereocenters. The number of fused-ring (bicyclic) bond motifs is 1. The van der Waals surface area contributed by atoms with Gasteiger partial charge in [0.2, 0.25) is 5.28 Å². The lowest BCUT2D eigenvalue weighted by atomic mass is 10.1. The molecule has 0 saturated heterocycles. The minimum absolute atomic E-state index is 0.0825. The van der Waals surface area contributed by atoms with E-state index in [1.807, 2.05) is 0 Å². The molecular weight excluding hydrogens is 354 g/mol. The van der Waals surface area contributed by atoms with Crippen LogP contribution in [0.25, 0.3) is 22.3 Å². The minimum Gasteiger partial charge on any atom is -0.481 e. The number of carbonyl (C=O) groups is 1. The first kappa shape index (κ1) is 17.2. The van der Waals surface area contributed by atoms with Crippen molar-refractivity contribution >= 4 is 28.6 Å². The average Bonchev–Trinajstić information content (AvgIpc) is 2.85. The molecule has 25 heavy (non-hydrogen) atoms. The minimum atomic E-state index is -0.987. The molecule has 0 fully saturated rings. The van der Waals surface area contributed by atoms with Crippen molar-refractivity contribution in [1.29, 1.82) is 0 Å². The van der Waals surface area contributed by atoms with E-state index in [1.165, 1.54) is 6.07 Å². The highest BCUT2D eigenvalue weighted by Gasteiger charge is 2.20. The number of aromatic nitrogens is 4. The van der Waals surface area contributed by atoms with Gasteiger partial charge in [0.1, 0.15) is 17.0 Å². The number of carboxylic acid groups (broad SMARTS) is 1. The predicted molar refractivity (Wildman–Crippen MR) is 87.4 cm³/mol. The average molecular weight is 367 g/mol. The van der Waals surface area contributed by atoms with Crippen LogP contribution in [0, 0.1) is 18.6 Å². The molecule has 0 amide bonds. The van der Waals surface area contributed by atoms with Gasteiger partial charge in [-0.25, -0.2) is 23.7 Å². The van der Waals surface area contributed by atoms with Crippen LogP contribution in [0.15, 0.2) is 18.3 Å². The SMILES string of the molecule is Cc1nc2c(F)cc(-c3nc(Cl)ncc3F)cc2n1[C@H](C)CC(=O)O. The smallest absolute Gasteiger partial charge is 0.305 e. The highest BCUT2D eigenvalue weighted by atomic mass is 35.5. The topological polar surface area (TPSA) is 80.9 Å². The molecule has 6 nitrogen and oxygen atoms in total. The molecule has 0 aliphatic carbocycles. The highest BCUT2D eigenvalue weighted by Crippen LogP contribution is 2.30. The Morgan fingerprint density at radius 3 is 2.72 bits per heavy atom. The van der Waals surface area contributed by atoms with E-state index in [2.05, 4.69) is 15.0 Å². The first-order chi connectivity index (χ1) is 11.8. The van der Waals surface area contributed by atoms with E-state index in [-0.39, 0.29) is 28.5 Å². The van der Waals surface area contributed by atoms with Gasteiger partial charge in [0.25, 0.3) is 0 Å². The van der Waals surface area contributed by atoms with Crippen molar-refractivity contribution in [2.75, 3.05) is 0 Å². The second-order valence-electron chi connectivity index (χ2n) is 5.64. The molecule has 2 aromatic heterocycles. The third-order valence-corrected chi connectivity index (χ3v) is 4.01. The molecule has 0 bridgehead atoms. The molecule has 0 saturated carbocycles. The molecule has 2 heterocycles. The number of aliphatic carboxylic acids is 1. The molecule has 3 rings (SSSR count). The highest BCUT2D eigenvalue weighted by molar-refractivity contribution is 6.28. The summed E-state index contributed by atoms with van der Waals surface area (Å²) in [5, 5.41) is 8.84. The van der Waals surface area contributed by atoms with Crippen LogP contribution in [-0.4, -0.2) is 30.6 Å². The summed E-state index contributed by atoms with van der Waals surface area (Å²) in [6, 6.07) is 2.16. The first-order valence-electron chi connectivity index (χ1n) is 7.36. The second kappa shape index (κ2) is 6.36. The quantitative estimate of drug-likeness (QED) is 0.711. The zero-order valence-corrected chi connectivity index (χ0v) is 14.1. The van der Waals surface area contributed by atoms with Gasteiger partial charge in [0.15, 0.2) is 11.6 Å². The number of nitrogens with zero attached hydrogens (tertiary/aromatic N) is 4. The Hall–Kier alpha value is -2.61. The van der Waals surface area contributed by atoms with Crippen LogP contribution in [-0.2, 0) is 4.79 Å². The van der Waals surface area contributed by atoms with E-state index in [1.54, 1.807) is 18.4 Å². The number of imidazole rings is 1. The Morgan fingerprint density at radius 1 is 1.32 bits per heavy atom. The number of rotatable bonds is 4. The third-order valence-electron chi connectivity index (χ3n) is 3.82. The Balaban J connectivity index is 2.24. The summed E-state index contributed by atoms with van der Waals surface area (Å²) in [7, 11) is 0. The Labute approximate surface area is 146 Å². The summed E-state index contributed by atoms with van der Waals surface area (Å²) in [5.41, 5.74) is 0.460. The van der Waals surface area contributed by atoms with Gasteiger partial charge in [-0.2, -0.15) is 0 Å². The summed E-state index contributed by atoms with van der Waals surface area (Å²) in [5.74, 6) is -1.93. The number of benzene rings is 1. The van der Waals surface area contributed by atoms with Gasteiger partial charge in [-0.15, -0.1) is 0 Å². The number of halogens is 3. The van der Waals surface area contributed by atoms with Crippen LogP contribution in [0.5, 0.6) is 0 Å². The fourth-order valence-electron chi connectivity index (χ4n) is 2.85. The number of hydrogen-bond acceptors (Lipinski definition) is 4. The van der Waals surface area contributed by atoms with Crippen LogP contribution in [0.2, 0.25) is 5.28 Å². The predicted octanol–water partition coefficient (Wildman–Crippen LogP) is 3.77. The monoisotopic (exact) mass is 366 g/mol. The lowest BCUT2D eigenvalue weighted by molar-refractivity contribution is -0.137. The lowest BCUT2D eigenvalue weighted by Gasteiger charge is -2.14. The lowest BCUT2D eigenvalue weighted by Crippen LogP contribution is -2.11. The Bertz CT molecular complexity index is 990. The van der Waals surface area contributed by atoms with Gasteiger partial charge in [0.05, 0.1) is 18.1 Å². The van der Waals surface area contributed by atoms with Gasteiger partial charge in [-0.3, -0.25) is 4.79 Å². The van der Waals surface area contributed by atoms with Crippen molar-refractivity contribution in [2.24, 2.45) is 0 Å². The van der Waals surface area contributed by atoms with Gasteiger partial charge in [-0.1, -0.05) is 0 Å². The van der Waals surface area contributed by atoms with E-state index < -0.39 is 23.6 Å². The van der Waals surface area contributed by atoms with E-state index in [0.717, 1.165) is 12.3 Å². The van der Waals surface area contributed by atoms with Crippen LogP contribution >= 0.6 is 11.6 Å². The summed E-state index contributed by atoms with van der Waals surface area (Å²) in [6.45, 7) is 3.34. The van der Waals surface area contributed by atoms with Crippen molar-refractivity contribution in [3.05, 3.63) is 41.1 Å². The zero-order chi connectivity index (χ0) is 18.3. The number of carboxylic acids is 1. The summed E-state index contributed by atoms with van der Waals surface area (Å²) < 4.78 is 30.1. The molecule has 1 aromatic carbocycles. The van der Waals surface area contributed by atoms with Crippen LogP contribution < -0.4 is 0 Å². The van der Waals surface area contributed by atoms with Gasteiger partial charge < -0.3 is 9.67 Å². The third kappa shape index (κ3) is 3.17. The molecule has 9 heteroatoms. The summed E-state index contributed by atoms with van der Waals surface area (Å²) in [6.07, 6.45) is 0.744. The van der Waals surface area contributed by atoms with Crippen molar-refractivity contribution in [2.45, 2.75) is 26.3 Å². The van der Waals surface area contributed by atoms with E-state index in [4.69, 9.17) is 16.7 Å². The Morgan fingerprint density at radius 2 is 2.04 bits per heavy atom. The fourth-order valence-corrected chi connectivity index (χ4v) is 2.99. The van der Waals surface area contributed by atoms with Crippen LogP contribution in [0.3, 0.4) is 0 Å². The van der Waals surface area contributed by atoms with Crippen molar-refractivity contribution < 1.29 is 18.7 Å². The first-order valence-corrected chi connectivity index (χ1v) is 7.74. The van der Waals surface area contributed by atoms with Gasteiger partial charge in [-0.05, 0) is 37.6 Å². The van der Waals surface area contributed by atoms with Gasteiger partial charge in [0, 0.05) is 11.6 Å². The summed E-state index contributed by atoms with van der Waals surface area (Å²) in [4.78, 5) is 22.5. The number of hydrogen-bond donors (Lipinski definition) is 1. The summed E-state index contributed by atoms with van der Waals surface area (Å²) >= 11 is 5.70. The normalized spacial score (nSPS) is 12.5. The standard InChI is InChI=1S/C16H13ClF2N4O2/c1-7(3-13(24)25)23-8(2)21-15-10(18)4-9(5-12(15)23)14-11(19)6-20-16(17)22-14/h4-7H,3H2,1-2H3,(H,24,25)/t7-/m1/s1. The zero-order valence-electron chi connectivity index (χ0n) is 13.3. The molecule has 130 valence electrons. The maximum Gasteiger partial charge on any atom is 0.305 e. The van der Waals surface area contributed by atoms with E-state index in [0.29, 0.717) is 11.3 Å². The molecule has 0 aliphatic heterocycles. The molecule has 0 aliphatic rings. The molecule has 0 unspecified atom stereocenters. The van der Waals surface area contributed by atoms with Crippen LogP contribution in [0.1, 0.15) is 25.2 Å². The maximum atomic E-state index is 14.5. The van der Waals surface area contributed by atoms with Crippen LogP contribution in [0.4, 0.5) is 8.78 Å². The Kier molecular flexibility index (Phi) is 4.38. The second-order valence-corrected chi connectivity index (χ2v) is 5.98. The maximum absolute atomic E-state index is 14.5. The van der Waals surface area contributed by atoms with E-state index in [9.17, 15) is 13.6 Å². The molecule has 1 N–H and O–H groups in total.